The fraction of sp³-hybridized carbons (Fsp3) is 0.375. The fourth-order valence-corrected chi connectivity index (χ4v) is 3.13. The van der Waals surface area contributed by atoms with Gasteiger partial charge in [0.05, 0.1) is 12.5 Å². The van der Waals surface area contributed by atoms with Gasteiger partial charge in [-0.05, 0) is 18.9 Å². The van der Waals surface area contributed by atoms with Gasteiger partial charge in [0.1, 0.15) is 5.01 Å². The molecule has 1 fully saturated rings. The van der Waals surface area contributed by atoms with E-state index in [1.807, 2.05) is 24.4 Å². The second kappa shape index (κ2) is 6.37. The highest BCUT2D eigenvalue weighted by atomic mass is 32.1. The summed E-state index contributed by atoms with van der Waals surface area (Å²) in [5.74, 6) is 0.106. The summed E-state index contributed by atoms with van der Waals surface area (Å²) in [6.45, 7) is 3.80. The van der Waals surface area contributed by atoms with Crippen LogP contribution in [0, 0.1) is 12.8 Å². The SMILES string of the molecule is Cc1csc(-c2ccc(CNC(=O)[C@H]3CCOC3)cc2)n1. The normalized spacial score (nSPS) is 17.9. The molecule has 110 valence electrons. The number of rotatable bonds is 4. The first kappa shape index (κ1) is 14.2. The van der Waals surface area contributed by atoms with Gasteiger partial charge in [-0.25, -0.2) is 4.98 Å². The first-order valence-electron chi connectivity index (χ1n) is 7.09. The third kappa shape index (κ3) is 3.49. The van der Waals surface area contributed by atoms with Gasteiger partial charge in [0.15, 0.2) is 0 Å². The summed E-state index contributed by atoms with van der Waals surface area (Å²) < 4.78 is 5.23. The third-order valence-corrected chi connectivity index (χ3v) is 4.60. The van der Waals surface area contributed by atoms with Gasteiger partial charge in [-0.1, -0.05) is 24.3 Å². The summed E-state index contributed by atoms with van der Waals surface area (Å²) in [4.78, 5) is 16.4. The molecule has 3 rings (SSSR count). The average Bonchev–Trinajstić information content (AvgIpc) is 3.17. The molecule has 1 N–H and O–H groups in total. The Bertz CT molecular complexity index is 615. The fourth-order valence-electron chi connectivity index (χ4n) is 2.33. The van der Waals surface area contributed by atoms with Gasteiger partial charge < -0.3 is 10.1 Å². The lowest BCUT2D eigenvalue weighted by atomic mass is 10.1. The minimum Gasteiger partial charge on any atom is -0.381 e. The molecular formula is C16H18N2O2S. The predicted octanol–water partition coefficient (Wildman–Crippen LogP) is 2.77. The van der Waals surface area contributed by atoms with Crippen LogP contribution in [0.1, 0.15) is 17.7 Å². The van der Waals surface area contributed by atoms with Gasteiger partial charge in [-0.15, -0.1) is 11.3 Å². The van der Waals surface area contributed by atoms with E-state index < -0.39 is 0 Å². The largest absolute Gasteiger partial charge is 0.381 e. The number of ether oxygens (including phenoxy) is 1. The van der Waals surface area contributed by atoms with Crippen LogP contribution >= 0.6 is 11.3 Å². The van der Waals surface area contributed by atoms with Crippen molar-refractivity contribution in [1.82, 2.24) is 10.3 Å². The number of carbonyl (C=O) groups excluding carboxylic acids is 1. The molecule has 21 heavy (non-hydrogen) atoms. The molecule has 1 atom stereocenters. The van der Waals surface area contributed by atoms with E-state index in [2.05, 4.69) is 22.4 Å². The van der Waals surface area contributed by atoms with Gasteiger partial charge in [0, 0.05) is 29.8 Å². The van der Waals surface area contributed by atoms with Crippen molar-refractivity contribution in [3.05, 3.63) is 40.9 Å². The van der Waals surface area contributed by atoms with Crippen molar-refractivity contribution in [2.75, 3.05) is 13.2 Å². The number of benzene rings is 1. The van der Waals surface area contributed by atoms with Crippen LogP contribution in [-0.2, 0) is 16.1 Å². The zero-order chi connectivity index (χ0) is 14.7. The zero-order valence-electron chi connectivity index (χ0n) is 12.0. The number of aromatic nitrogens is 1. The molecule has 1 aliphatic rings. The second-order valence-corrected chi connectivity index (χ2v) is 6.13. The number of thiazole rings is 1. The Labute approximate surface area is 128 Å². The van der Waals surface area contributed by atoms with Crippen LogP contribution in [0.5, 0.6) is 0 Å². The monoisotopic (exact) mass is 302 g/mol. The third-order valence-electron chi connectivity index (χ3n) is 3.59. The van der Waals surface area contributed by atoms with Crippen molar-refractivity contribution in [2.24, 2.45) is 5.92 Å². The highest BCUT2D eigenvalue weighted by Crippen LogP contribution is 2.23. The van der Waals surface area contributed by atoms with Crippen LogP contribution in [0.3, 0.4) is 0 Å². The molecule has 0 unspecified atom stereocenters. The summed E-state index contributed by atoms with van der Waals surface area (Å²) in [6.07, 6.45) is 0.828. The lowest BCUT2D eigenvalue weighted by molar-refractivity contribution is -0.125. The number of amides is 1. The molecule has 2 aromatic rings. The maximum atomic E-state index is 11.9. The van der Waals surface area contributed by atoms with Crippen LogP contribution in [0.4, 0.5) is 0 Å². The molecule has 0 saturated carbocycles. The van der Waals surface area contributed by atoms with Crippen LogP contribution in [0.2, 0.25) is 0 Å². The quantitative estimate of drug-likeness (QED) is 0.945. The molecule has 1 aliphatic heterocycles. The smallest absolute Gasteiger partial charge is 0.225 e. The molecule has 1 aromatic carbocycles. The molecule has 1 amide bonds. The number of nitrogens with one attached hydrogen (secondary N) is 1. The Morgan fingerprint density at radius 3 is 2.86 bits per heavy atom. The lowest BCUT2D eigenvalue weighted by Crippen LogP contribution is -2.30. The Morgan fingerprint density at radius 2 is 2.24 bits per heavy atom. The van der Waals surface area contributed by atoms with Crippen molar-refractivity contribution in [2.45, 2.75) is 19.9 Å². The predicted molar refractivity (Wildman–Crippen MR) is 83.1 cm³/mol. The maximum absolute atomic E-state index is 11.9. The van der Waals surface area contributed by atoms with Gasteiger partial charge in [-0.3, -0.25) is 4.79 Å². The van der Waals surface area contributed by atoms with Gasteiger partial charge in [0.25, 0.3) is 0 Å². The number of aryl methyl sites for hydroxylation is 1. The number of hydrogen-bond donors (Lipinski definition) is 1. The molecule has 1 saturated heterocycles. The van der Waals surface area contributed by atoms with E-state index in [9.17, 15) is 4.79 Å². The van der Waals surface area contributed by atoms with Gasteiger partial charge >= 0.3 is 0 Å². The summed E-state index contributed by atoms with van der Waals surface area (Å²) in [6, 6.07) is 8.19. The van der Waals surface area contributed by atoms with E-state index in [1.165, 1.54) is 0 Å². The summed E-state index contributed by atoms with van der Waals surface area (Å²) in [5, 5.41) is 6.05. The Hall–Kier alpha value is -1.72. The van der Waals surface area contributed by atoms with Crippen LogP contribution in [0.15, 0.2) is 29.6 Å². The van der Waals surface area contributed by atoms with E-state index >= 15 is 0 Å². The summed E-state index contributed by atoms with van der Waals surface area (Å²) >= 11 is 1.65. The Morgan fingerprint density at radius 1 is 1.43 bits per heavy atom. The number of hydrogen-bond acceptors (Lipinski definition) is 4. The van der Waals surface area contributed by atoms with Crippen molar-refractivity contribution < 1.29 is 9.53 Å². The molecule has 2 heterocycles. The van der Waals surface area contributed by atoms with Gasteiger partial charge in [0.2, 0.25) is 5.91 Å². The molecular weight excluding hydrogens is 284 g/mol. The van der Waals surface area contributed by atoms with E-state index in [0.717, 1.165) is 28.2 Å². The number of carbonyl (C=O) groups is 1. The van der Waals surface area contributed by atoms with Crippen molar-refractivity contribution in [3.8, 4) is 10.6 Å². The van der Waals surface area contributed by atoms with E-state index in [4.69, 9.17) is 4.74 Å². The Balaban J connectivity index is 1.58. The maximum Gasteiger partial charge on any atom is 0.225 e. The highest BCUT2D eigenvalue weighted by molar-refractivity contribution is 7.13. The van der Waals surface area contributed by atoms with Gasteiger partial charge in [-0.2, -0.15) is 0 Å². The first-order valence-corrected chi connectivity index (χ1v) is 7.97. The van der Waals surface area contributed by atoms with E-state index in [-0.39, 0.29) is 11.8 Å². The molecule has 0 radical (unpaired) electrons. The summed E-state index contributed by atoms with van der Waals surface area (Å²) in [7, 11) is 0. The van der Waals surface area contributed by atoms with Crippen LogP contribution in [-0.4, -0.2) is 24.1 Å². The lowest BCUT2D eigenvalue weighted by Gasteiger charge is -2.09. The Kier molecular flexibility index (Phi) is 4.31. The van der Waals surface area contributed by atoms with E-state index in [0.29, 0.717) is 19.8 Å². The summed E-state index contributed by atoms with van der Waals surface area (Å²) in [5.41, 5.74) is 3.26. The molecule has 4 nitrogen and oxygen atoms in total. The second-order valence-electron chi connectivity index (χ2n) is 5.27. The minimum absolute atomic E-state index is 0.0163. The zero-order valence-corrected chi connectivity index (χ0v) is 12.8. The highest BCUT2D eigenvalue weighted by Gasteiger charge is 2.22. The van der Waals surface area contributed by atoms with Crippen LogP contribution < -0.4 is 5.32 Å². The molecule has 5 heteroatoms. The van der Waals surface area contributed by atoms with E-state index in [1.54, 1.807) is 11.3 Å². The van der Waals surface area contributed by atoms with Crippen LogP contribution in [0.25, 0.3) is 10.6 Å². The first-order chi connectivity index (χ1) is 10.2. The molecule has 0 bridgehead atoms. The number of nitrogens with zero attached hydrogens (tertiary/aromatic N) is 1. The topological polar surface area (TPSA) is 51.2 Å². The van der Waals surface area contributed by atoms with Crippen molar-refractivity contribution in [3.63, 3.8) is 0 Å². The standard InChI is InChI=1S/C16H18N2O2S/c1-11-10-21-16(18-11)13-4-2-12(3-5-13)8-17-15(19)14-6-7-20-9-14/h2-5,10,14H,6-9H2,1H3,(H,17,19)/t14-/m0/s1. The molecule has 0 aliphatic carbocycles. The average molecular weight is 302 g/mol. The van der Waals surface area contributed by atoms with Crippen molar-refractivity contribution in [1.29, 1.82) is 0 Å². The molecule has 0 spiro atoms. The minimum atomic E-state index is 0.0163. The molecule has 1 aromatic heterocycles. The van der Waals surface area contributed by atoms with Crippen molar-refractivity contribution >= 4 is 17.2 Å².